The standard InChI is InChI=1S/C34H45N3O4S/c1-8-32(34(39)35-21-24(2)3)36(22-28-11-9-10-27(7)20-28)33(38)23-37(30-16-14-29(15-17-30)25(4)5)42(40,41)31-18-12-26(6)13-19-31/h9-20,24-25,32H,8,21-23H2,1-7H3,(H,35,39)/t32-/m1/s1. The number of sulfonamides is 1. The molecule has 0 aliphatic heterocycles. The maximum atomic E-state index is 14.2. The van der Waals surface area contributed by atoms with Crippen molar-refractivity contribution in [2.24, 2.45) is 5.92 Å². The molecule has 1 N–H and O–H groups in total. The van der Waals surface area contributed by atoms with Crippen molar-refractivity contribution < 1.29 is 18.0 Å². The smallest absolute Gasteiger partial charge is 0.264 e. The lowest BCUT2D eigenvalue weighted by Gasteiger charge is -2.33. The maximum absolute atomic E-state index is 14.2. The molecule has 7 nitrogen and oxygen atoms in total. The number of carbonyl (C=O) groups excluding carboxylic acids is 2. The van der Waals surface area contributed by atoms with E-state index in [1.165, 1.54) is 4.90 Å². The fraction of sp³-hybridized carbons (Fsp3) is 0.412. The van der Waals surface area contributed by atoms with Crippen molar-refractivity contribution in [1.29, 1.82) is 0 Å². The normalized spacial score (nSPS) is 12.3. The first-order valence-corrected chi connectivity index (χ1v) is 16.1. The van der Waals surface area contributed by atoms with E-state index in [-0.39, 0.29) is 29.2 Å². The first-order valence-electron chi connectivity index (χ1n) is 14.7. The van der Waals surface area contributed by atoms with Crippen LogP contribution in [0.4, 0.5) is 5.69 Å². The quantitative estimate of drug-likeness (QED) is 0.256. The third-order valence-electron chi connectivity index (χ3n) is 7.24. The van der Waals surface area contributed by atoms with Gasteiger partial charge in [-0.15, -0.1) is 0 Å². The summed E-state index contributed by atoms with van der Waals surface area (Å²) in [6, 6.07) is 20.9. The van der Waals surface area contributed by atoms with Crippen LogP contribution >= 0.6 is 0 Å². The predicted octanol–water partition coefficient (Wildman–Crippen LogP) is 6.20. The Labute approximate surface area is 252 Å². The van der Waals surface area contributed by atoms with Crippen LogP contribution in [-0.4, -0.2) is 44.3 Å². The first-order chi connectivity index (χ1) is 19.8. The molecule has 1 atom stereocenters. The van der Waals surface area contributed by atoms with Gasteiger partial charge in [0.15, 0.2) is 0 Å². The molecule has 0 bridgehead atoms. The number of aryl methyl sites for hydroxylation is 2. The Balaban J connectivity index is 2.06. The van der Waals surface area contributed by atoms with Gasteiger partial charge >= 0.3 is 0 Å². The number of hydrogen-bond donors (Lipinski definition) is 1. The number of nitrogens with zero attached hydrogens (tertiary/aromatic N) is 2. The number of carbonyl (C=O) groups is 2. The van der Waals surface area contributed by atoms with E-state index in [0.29, 0.717) is 18.7 Å². The van der Waals surface area contributed by atoms with E-state index in [9.17, 15) is 18.0 Å². The number of benzene rings is 3. The lowest BCUT2D eigenvalue weighted by Crippen LogP contribution is -2.52. The monoisotopic (exact) mass is 591 g/mol. The Morgan fingerprint density at radius 3 is 2.05 bits per heavy atom. The molecule has 8 heteroatoms. The topological polar surface area (TPSA) is 86.8 Å². The molecule has 3 aromatic rings. The lowest BCUT2D eigenvalue weighted by molar-refractivity contribution is -0.140. The zero-order valence-electron chi connectivity index (χ0n) is 25.9. The van der Waals surface area contributed by atoms with Gasteiger partial charge in [-0.05, 0) is 67.5 Å². The van der Waals surface area contributed by atoms with Gasteiger partial charge in [0.05, 0.1) is 10.6 Å². The molecule has 0 fully saturated rings. The first kappa shape index (κ1) is 32.9. The fourth-order valence-electron chi connectivity index (χ4n) is 4.74. The number of nitrogens with one attached hydrogen (secondary N) is 1. The molecule has 0 unspecified atom stereocenters. The highest BCUT2D eigenvalue weighted by atomic mass is 32.2. The second-order valence-electron chi connectivity index (χ2n) is 11.6. The summed E-state index contributed by atoms with van der Waals surface area (Å²) in [5.41, 5.74) is 4.28. The van der Waals surface area contributed by atoms with E-state index in [1.807, 2.05) is 71.0 Å². The third-order valence-corrected chi connectivity index (χ3v) is 9.03. The van der Waals surface area contributed by atoms with Gasteiger partial charge in [-0.3, -0.25) is 13.9 Å². The van der Waals surface area contributed by atoms with Crippen LogP contribution in [0.15, 0.2) is 77.7 Å². The minimum absolute atomic E-state index is 0.0980. The molecule has 3 aromatic carbocycles. The van der Waals surface area contributed by atoms with Crippen molar-refractivity contribution in [3.8, 4) is 0 Å². The summed E-state index contributed by atoms with van der Waals surface area (Å²) in [6.07, 6.45) is 0.384. The zero-order chi connectivity index (χ0) is 31.0. The summed E-state index contributed by atoms with van der Waals surface area (Å²) in [4.78, 5) is 29.2. The lowest BCUT2D eigenvalue weighted by atomic mass is 10.0. The maximum Gasteiger partial charge on any atom is 0.264 e. The van der Waals surface area contributed by atoms with Crippen molar-refractivity contribution in [3.63, 3.8) is 0 Å². The molecule has 0 aromatic heterocycles. The van der Waals surface area contributed by atoms with Crippen LogP contribution in [0.1, 0.15) is 69.2 Å². The zero-order valence-corrected chi connectivity index (χ0v) is 26.7. The van der Waals surface area contributed by atoms with Gasteiger partial charge in [0.2, 0.25) is 11.8 Å². The summed E-state index contributed by atoms with van der Waals surface area (Å²) in [5.74, 6) is -0.188. The van der Waals surface area contributed by atoms with Crippen LogP contribution in [0, 0.1) is 19.8 Å². The highest BCUT2D eigenvalue weighted by molar-refractivity contribution is 7.92. The van der Waals surface area contributed by atoms with Crippen molar-refractivity contribution >= 4 is 27.5 Å². The SMILES string of the molecule is CC[C@H](C(=O)NCC(C)C)N(Cc1cccc(C)c1)C(=O)CN(c1ccc(C(C)C)cc1)S(=O)(=O)c1ccc(C)cc1. The summed E-state index contributed by atoms with van der Waals surface area (Å²) in [7, 11) is -4.10. The van der Waals surface area contributed by atoms with E-state index in [0.717, 1.165) is 26.6 Å². The van der Waals surface area contributed by atoms with E-state index < -0.39 is 28.5 Å². The van der Waals surface area contributed by atoms with Crippen LogP contribution in [0.25, 0.3) is 0 Å². The molecular formula is C34H45N3O4S. The van der Waals surface area contributed by atoms with E-state index >= 15 is 0 Å². The van der Waals surface area contributed by atoms with Gasteiger partial charge in [-0.25, -0.2) is 8.42 Å². The molecule has 42 heavy (non-hydrogen) atoms. The summed E-state index contributed by atoms with van der Waals surface area (Å²) >= 11 is 0. The summed E-state index contributed by atoms with van der Waals surface area (Å²) in [6.45, 7) is 14.1. The highest BCUT2D eigenvalue weighted by Gasteiger charge is 2.33. The van der Waals surface area contributed by atoms with Crippen molar-refractivity contribution in [2.75, 3.05) is 17.4 Å². The molecule has 0 aliphatic rings. The van der Waals surface area contributed by atoms with Crippen LogP contribution in [-0.2, 0) is 26.2 Å². The van der Waals surface area contributed by atoms with Crippen LogP contribution < -0.4 is 9.62 Å². The Bertz CT molecular complexity index is 1450. The van der Waals surface area contributed by atoms with Crippen LogP contribution in [0.2, 0.25) is 0 Å². The third kappa shape index (κ3) is 8.44. The number of amides is 2. The van der Waals surface area contributed by atoms with Crippen molar-refractivity contribution in [3.05, 3.63) is 95.1 Å². The Morgan fingerprint density at radius 1 is 0.857 bits per heavy atom. The number of rotatable bonds is 13. The minimum Gasteiger partial charge on any atom is -0.354 e. The van der Waals surface area contributed by atoms with Crippen molar-refractivity contribution in [2.45, 2.75) is 78.3 Å². The molecule has 0 saturated heterocycles. The van der Waals surface area contributed by atoms with E-state index in [4.69, 9.17) is 0 Å². The summed E-state index contributed by atoms with van der Waals surface area (Å²) in [5, 5.41) is 2.96. The van der Waals surface area contributed by atoms with Gasteiger partial charge in [-0.1, -0.05) is 94.3 Å². The number of hydrogen-bond acceptors (Lipinski definition) is 4. The van der Waals surface area contributed by atoms with E-state index in [1.54, 1.807) is 36.4 Å². The van der Waals surface area contributed by atoms with Crippen molar-refractivity contribution in [1.82, 2.24) is 10.2 Å². The van der Waals surface area contributed by atoms with Crippen LogP contribution in [0.3, 0.4) is 0 Å². The molecule has 3 rings (SSSR count). The van der Waals surface area contributed by atoms with Crippen LogP contribution in [0.5, 0.6) is 0 Å². The Kier molecular flexibility index (Phi) is 11.3. The second-order valence-corrected chi connectivity index (χ2v) is 13.5. The largest absolute Gasteiger partial charge is 0.354 e. The molecule has 0 saturated carbocycles. The van der Waals surface area contributed by atoms with Gasteiger partial charge in [0.25, 0.3) is 10.0 Å². The summed E-state index contributed by atoms with van der Waals surface area (Å²) < 4.78 is 29.3. The number of anilines is 1. The Hall–Kier alpha value is -3.65. The minimum atomic E-state index is -4.10. The highest BCUT2D eigenvalue weighted by Crippen LogP contribution is 2.27. The van der Waals surface area contributed by atoms with E-state index in [2.05, 4.69) is 19.2 Å². The molecule has 0 aliphatic carbocycles. The molecule has 2 amide bonds. The van der Waals surface area contributed by atoms with Gasteiger partial charge < -0.3 is 10.2 Å². The molecule has 226 valence electrons. The second kappa shape index (κ2) is 14.5. The molecule has 0 radical (unpaired) electrons. The Morgan fingerprint density at radius 2 is 1.50 bits per heavy atom. The fourth-order valence-corrected chi connectivity index (χ4v) is 6.16. The predicted molar refractivity (Wildman–Crippen MR) is 170 cm³/mol. The molecule has 0 heterocycles. The van der Waals surface area contributed by atoms with Gasteiger partial charge in [0, 0.05) is 13.1 Å². The average Bonchev–Trinajstić information content (AvgIpc) is 2.94. The molecular weight excluding hydrogens is 546 g/mol. The van der Waals surface area contributed by atoms with Gasteiger partial charge in [0.1, 0.15) is 12.6 Å². The average molecular weight is 592 g/mol. The molecule has 0 spiro atoms. The van der Waals surface area contributed by atoms with Gasteiger partial charge in [-0.2, -0.15) is 0 Å².